The standard InChI is InChI=1S/C21H19NO5/c1-3-27-21(24)19(14-17-9-11-18(12-10-17)22(25)26)20(23)15(2)13-16-7-5-4-6-8-16/h4-14H,3H2,1-2H3/b15-13+,19-14-. The average Bonchev–Trinajstić information content (AvgIpc) is 2.66. The van der Waals surface area contributed by atoms with Crippen molar-refractivity contribution >= 4 is 29.6 Å². The molecular weight excluding hydrogens is 346 g/mol. The van der Waals surface area contributed by atoms with E-state index in [-0.39, 0.29) is 17.9 Å². The molecule has 0 amide bonds. The Kier molecular flexibility index (Phi) is 6.77. The molecule has 2 aromatic carbocycles. The van der Waals surface area contributed by atoms with Crippen LogP contribution in [0.3, 0.4) is 0 Å². The van der Waals surface area contributed by atoms with Gasteiger partial charge in [-0.05, 0) is 54.8 Å². The molecule has 0 atom stereocenters. The number of Topliss-reactive ketones (excluding diaryl/α,β-unsaturated/α-hetero) is 1. The summed E-state index contributed by atoms with van der Waals surface area (Å²) in [6.45, 7) is 3.40. The summed E-state index contributed by atoms with van der Waals surface area (Å²) in [6, 6.07) is 14.8. The first-order valence-electron chi connectivity index (χ1n) is 8.33. The highest BCUT2D eigenvalue weighted by Gasteiger charge is 2.21. The molecule has 27 heavy (non-hydrogen) atoms. The Hall–Kier alpha value is -3.54. The fourth-order valence-electron chi connectivity index (χ4n) is 2.36. The predicted octanol–water partition coefficient (Wildman–Crippen LogP) is 4.21. The van der Waals surface area contributed by atoms with Gasteiger partial charge in [0.05, 0.1) is 11.5 Å². The summed E-state index contributed by atoms with van der Waals surface area (Å²) < 4.78 is 5.00. The largest absolute Gasteiger partial charge is 0.462 e. The van der Waals surface area contributed by atoms with Crippen LogP contribution in [0.15, 0.2) is 65.7 Å². The fraction of sp³-hybridized carbons (Fsp3) is 0.143. The van der Waals surface area contributed by atoms with E-state index in [1.165, 1.54) is 30.3 Å². The number of ether oxygens (including phenoxy) is 1. The molecule has 6 heteroatoms. The predicted molar refractivity (Wildman–Crippen MR) is 103 cm³/mol. The van der Waals surface area contributed by atoms with E-state index in [9.17, 15) is 19.7 Å². The quantitative estimate of drug-likeness (QED) is 0.183. The Morgan fingerprint density at radius 1 is 1.00 bits per heavy atom. The highest BCUT2D eigenvalue weighted by molar-refractivity contribution is 6.27. The monoisotopic (exact) mass is 365 g/mol. The Labute approximate surface area is 156 Å². The lowest BCUT2D eigenvalue weighted by Gasteiger charge is -2.07. The van der Waals surface area contributed by atoms with Gasteiger partial charge in [-0.25, -0.2) is 4.79 Å². The number of rotatable bonds is 7. The molecule has 0 saturated carbocycles. The van der Waals surface area contributed by atoms with Gasteiger partial charge < -0.3 is 4.74 Å². The molecule has 0 aliphatic rings. The maximum Gasteiger partial charge on any atom is 0.342 e. The van der Waals surface area contributed by atoms with Crippen LogP contribution < -0.4 is 0 Å². The van der Waals surface area contributed by atoms with Crippen LogP contribution in [0.1, 0.15) is 25.0 Å². The first kappa shape index (κ1) is 19.8. The molecule has 2 aromatic rings. The van der Waals surface area contributed by atoms with Gasteiger partial charge in [-0.3, -0.25) is 14.9 Å². The number of benzene rings is 2. The third kappa shape index (κ3) is 5.47. The summed E-state index contributed by atoms with van der Waals surface area (Å²) in [7, 11) is 0. The van der Waals surface area contributed by atoms with Crippen molar-refractivity contribution in [3.63, 3.8) is 0 Å². The van der Waals surface area contributed by atoms with Crippen molar-refractivity contribution in [2.45, 2.75) is 13.8 Å². The molecule has 138 valence electrons. The lowest BCUT2D eigenvalue weighted by atomic mass is 10.00. The zero-order chi connectivity index (χ0) is 19.8. The summed E-state index contributed by atoms with van der Waals surface area (Å²) in [5, 5.41) is 10.8. The maximum absolute atomic E-state index is 12.8. The normalized spacial score (nSPS) is 11.8. The van der Waals surface area contributed by atoms with Gasteiger partial charge in [-0.1, -0.05) is 30.3 Å². The number of esters is 1. The maximum atomic E-state index is 12.8. The van der Waals surface area contributed by atoms with Gasteiger partial charge in [-0.15, -0.1) is 0 Å². The minimum atomic E-state index is -0.735. The molecule has 0 heterocycles. The first-order valence-corrected chi connectivity index (χ1v) is 8.33. The van der Waals surface area contributed by atoms with Gasteiger partial charge in [0.1, 0.15) is 5.57 Å². The highest BCUT2D eigenvalue weighted by atomic mass is 16.6. The number of carbonyl (C=O) groups is 2. The number of carbonyl (C=O) groups excluding carboxylic acids is 2. The van der Waals surface area contributed by atoms with Crippen LogP contribution in [0.4, 0.5) is 5.69 Å². The zero-order valence-electron chi connectivity index (χ0n) is 15.0. The van der Waals surface area contributed by atoms with Crippen LogP contribution in [0.2, 0.25) is 0 Å². The number of nitro benzene ring substituents is 1. The van der Waals surface area contributed by atoms with Crippen LogP contribution in [0, 0.1) is 10.1 Å². The number of nitrogens with zero attached hydrogens (tertiary/aromatic N) is 1. The molecule has 0 aromatic heterocycles. The van der Waals surface area contributed by atoms with Gasteiger partial charge in [0, 0.05) is 12.1 Å². The molecule has 0 unspecified atom stereocenters. The third-order valence-electron chi connectivity index (χ3n) is 3.70. The van der Waals surface area contributed by atoms with E-state index in [1.54, 1.807) is 19.9 Å². The molecule has 0 fully saturated rings. The lowest BCUT2D eigenvalue weighted by molar-refractivity contribution is -0.384. The minimum Gasteiger partial charge on any atom is -0.462 e. The summed E-state index contributed by atoms with van der Waals surface area (Å²) in [4.78, 5) is 35.3. The molecule has 6 nitrogen and oxygen atoms in total. The van der Waals surface area contributed by atoms with Crippen LogP contribution in [-0.2, 0) is 14.3 Å². The molecule has 0 N–H and O–H groups in total. The van der Waals surface area contributed by atoms with E-state index in [0.717, 1.165) is 5.56 Å². The number of hydrogen-bond acceptors (Lipinski definition) is 5. The number of nitro groups is 1. The Morgan fingerprint density at radius 2 is 1.59 bits per heavy atom. The van der Waals surface area contributed by atoms with Gasteiger partial charge in [0.2, 0.25) is 0 Å². The van der Waals surface area contributed by atoms with E-state index >= 15 is 0 Å². The number of ketones is 1. The fourth-order valence-corrected chi connectivity index (χ4v) is 2.36. The summed E-state index contributed by atoms with van der Waals surface area (Å²) in [5.74, 6) is -1.20. The van der Waals surface area contributed by atoms with E-state index < -0.39 is 16.7 Å². The van der Waals surface area contributed by atoms with Crippen molar-refractivity contribution in [2.24, 2.45) is 0 Å². The molecule has 0 aliphatic carbocycles. The Morgan fingerprint density at radius 3 is 2.15 bits per heavy atom. The molecule has 0 spiro atoms. The molecule has 2 rings (SSSR count). The average molecular weight is 365 g/mol. The van der Waals surface area contributed by atoms with Crippen molar-refractivity contribution in [1.82, 2.24) is 0 Å². The first-order chi connectivity index (χ1) is 12.9. The van der Waals surface area contributed by atoms with E-state index in [0.29, 0.717) is 11.1 Å². The molecule has 0 aliphatic heterocycles. The molecular formula is C21H19NO5. The SMILES string of the molecule is CCOC(=O)/C(=C\c1ccc([N+](=O)[O-])cc1)C(=O)/C(C)=C/c1ccccc1. The summed E-state index contributed by atoms with van der Waals surface area (Å²) in [5.41, 5.74) is 1.50. The second-order valence-corrected chi connectivity index (χ2v) is 5.69. The van der Waals surface area contributed by atoms with Gasteiger partial charge in [0.25, 0.3) is 5.69 Å². The number of non-ortho nitro benzene ring substituents is 1. The van der Waals surface area contributed by atoms with Crippen molar-refractivity contribution in [3.8, 4) is 0 Å². The topological polar surface area (TPSA) is 86.5 Å². The molecule has 0 saturated heterocycles. The number of allylic oxidation sites excluding steroid dienone is 1. The lowest BCUT2D eigenvalue weighted by Crippen LogP contribution is -2.16. The van der Waals surface area contributed by atoms with E-state index in [2.05, 4.69) is 0 Å². The summed E-state index contributed by atoms with van der Waals surface area (Å²) in [6.07, 6.45) is 3.07. The number of hydrogen-bond donors (Lipinski definition) is 0. The van der Waals surface area contributed by atoms with Gasteiger partial charge in [-0.2, -0.15) is 0 Å². The summed E-state index contributed by atoms with van der Waals surface area (Å²) >= 11 is 0. The Bertz CT molecular complexity index is 896. The van der Waals surface area contributed by atoms with E-state index in [4.69, 9.17) is 4.74 Å². The third-order valence-corrected chi connectivity index (χ3v) is 3.70. The van der Waals surface area contributed by atoms with Gasteiger partial charge in [0.15, 0.2) is 5.78 Å². The smallest absolute Gasteiger partial charge is 0.342 e. The van der Waals surface area contributed by atoms with Crippen molar-refractivity contribution in [1.29, 1.82) is 0 Å². The van der Waals surface area contributed by atoms with Gasteiger partial charge >= 0.3 is 5.97 Å². The van der Waals surface area contributed by atoms with Crippen LogP contribution in [0.5, 0.6) is 0 Å². The Balaban J connectivity index is 2.38. The van der Waals surface area contributed by atoms with Crippen LogP contribution in [-0.4, -0.2) is 23.3 Å². The zero-order valence-corrected chi connectivity index (χ0v) is 15.0. The molecule has 0 bridgehead atoms. The van der Waals surface area contributed by atoms with Crippen molar-refractivity contribution in [2.75, 3.05) is 6.61 Å². The van der Waals surface area contributed by atoms with Crippen molar-refractivity contribution < 1.29 is 19.2 Å². The second kappa shape index (κ2) is 9.24. The second-order valence-electron chi connectivity index (χ2n) is 5.69. The van der Waals surface area contributed by atoms with Crippen LogP contribution in [0.25, 0.3) is 12.2 Å². The minimum absolute atomic E-state index is 0.0729. The molecule has 0 radical (unpaired) electrons. The van der Waals surface area contributed by atoms with Crippen LogP contribution >= 0.6 is 0 Å². The highest BCUT2D eigenvalue weighted by Crippen LogP contribution is 2.18. The van der Waals surface area contributed by atoms with E-state index in [1.807, 2.05) is 30.3 Å². The van der Waals surface area contributed by atoms with Crippen molar-refractivity contribution in [3.05, 3.63) is 87.0 Å².